The molecule has 1 N–H and O–H groups in total. The summed E-state index contributed by atoms with van der Waals surface area (Å²) in [4.78, 5) is 21.1. The van der Waals surface area contributed by atoms with Crippen LogP contribution in [0.1, 0.15) is 41.5 Å². The lowest BCUT2D eigenvalue weighted by Gasteiger charge is -2.03. The summed E-state index contributed by atoms with van der Waals surface area (Å²) in [5.74, 6) is 0.698. The maximum atomic E-state index is 10.8. The molecule has 3 heteroatoms. The minimum Gasteiger partial charge on any atom is -0.349 e. The number of amides is 1. The first-order chi connectivity index (χ1) is 6.27. The van der Waals surface area contributed by atoms with E-state index in [4.69, 9.17) is 0 Å². The van der Waals surface area contributed by atoms with E-state index < -0.39 is 0 Å². The number of hydrogen-bond donors (Lipinski definition) is 1. The van der Waals surface area contributed by atoms with E-state index in [1.165, 1.54) is 6.92 Å². The zero-order chi connectivity index (χ0) is 11.7. The molecule has 0 rings (SSSR count). The molecule has 0 heterocycles. The Kier molecular flexibility index (Phi) is 9.73. The molecule has 14 heavy (non-hydrogen) atoms. The number of nitrogens with one attached hydrogen (secondary N) is 1. The molecule has 0 aromatic rings. The zero-order valence-electron chi connectivity index (χ0n) is 10.2. The molecular formula is C11H23NO2. The van der Waals surface area contributed by atoms with Gasteiger partial charge in [0.2, 0.25) is 5.91 Å². The predicted molar refractivity (Wildman–Crippen MR) is 59.0 cm³/mol. The Morgan fingerprint density at radius 2 is 1.43 bits per heavy atom. The van der Waals surface area contributed by atoms with Crippen molar-refractivity contribution in [2.75, 3.05) is 6.54 Å². The summed E-state index contributed by atoms with van der Waals surface area (Å²) in [5, 5.41) is 2.49. The van der Waals surface area contributed by atoms with Gasteiger partial charge in [-0.1, -0.05) is 34.6 Å². The van der Waals surface area contributed by atoms with Crippen molar-refractivity contribution in [2.24, 2.45) is 11.8 Å². The van der Waals surface area contributed by atoms with Crippen LogP contribution in [0, 0.1) is 11.8 Å². The van der Waals surface area contributed by atoms with E-state index in [2.05, 4.69) is 26.1 Å². The molecule has 0 aliphatic heterocycles. The molecule has 1 amide bonds. The van der Waals surface area contributed by atoms with E-state index in [0.29, 0.717) is 0 Å². The largest absolute Gasteiger partial charge is 0.349 e. The second-order valence-corrected chi connectivity index (χ2v) is 4.31. The molecule has 0 fully saturated rings. The van der Waals surface area contributed by atoms with Gasteiger partial charge in [-0.15, -0.1) is 0 Å². The average molecular weight is 201 g/mol. The molecule has 0 radical (unpaired) electrons. The van der Waals surface area contributed by atoms with Crippen molar-refractivity contribution in [2.45, 2.75) is 41.5 Å². The first-order valence-electron chi connectivity index (χ1n) is 5.04. The van der Waals surface area contributed by atoms with Crippen LogP contribution in [0.3, 0.4) is 0 Å². The third kappa shape index (κ3) is 17.3. The lowest BCUT2D eigenvalue weighted by Crippen LogP contribution is -2.31. The molecule has 0 saturated carbocycles. The first kappa shape index (κ1) is 15.6. The molecule has 0 aromatic carbocycles. The molecule has 3 nitrogen and oxygen atoms in total. The van der Waals surface area contributed by atoms with E-state index >= 15 is 0 Å². The Balaban J connectivity index is 0. The van der Waals surface area contributed by atoms with Gasteiger partial charge >= 0.3 is 0 Å². The molecule has 0 saturated heterocycles. The number of carbonyl (C=O) groups is 2. The SMILES string of the molecule is CC(=O)CNC(=O)C(C)C.CC(C)C. The van der Waals surface area contributed by atoms with Crippen LogP contribution in [-0.4, -0.2) is 18.2 Å². The van der Waals surface area contributed by atoms with Gasteiger partial charge in [0.05, 0.1) is 6.54 Å². The standard InChI is InChI=1S/C7H13NO2.C4H10/c1-5(2)7(10)8-4-6(3)9;1-4(2)3/h5H,4H2,1-3H3,(H,8,10);4H,1-3H3. The van der Waals surface area contributed by atoms with Crippen LogP contribution in [0.25, 0.3) is 0 Å². The third-order valence-electron chi connectivity index (χ3n) is 1.04. The van der Waals surface area contributed by atoms with Crippen LogP contribution in [0.4, 0.5) is 0 Å². The Hall–Kier alpha value is -0.860. The first-order valence-corrected chi connectivity index (χ1v) is 5.04. The van der Waals surface area contributed by atoms with Crippen LogP contribution in [0.2, 0.25) is 0 Å². The molecule has 0 spiro atoms. The van der Waals surface area contributed by atoms with Gasteiger partial charge in [0.25, 0.3) is 0 Å². The number of rotatable bonds is 3. The normalized spacial score (nSPS) is 9.43. The summed E-state index contributed by atoms with van der Waals surface area (Å²) in [5.41, 5.74) is 0. The molecule has 0 atom stereocenters. The van der Waals surface area contributed by atoms with E-state index in [1.807, 2.05) is 0 Å². The van der Waals surface area contributed by atoms with E-state index in [-0.39, 0.29) is 24.2 Å². The number of ketones is 1. The average Bonchev–Trinajstić information content (AvgIpc) is 1.98. The van der Waals surface area contributed by atoms with Crippen LogP contribution >= 0.6 is 0 Å². The van der Waals surface area contributed by atoms with Crippen molar-refractivity contribution >= 4 is 11.7 Å². The van der Waals surface area contributed by atoms with Crippen LogP contribution in [0.5, 0.6) is 0 Å². The number of hydrogen-bond acceptors (Lipinski definition) is 2. The Labute approximate surface area is 87.3 Å². The van der Waals surface area contributed by atoms with Crippen molar-refractivity contribution in [3.63, 3.8) is 0 Å². The molecule has 0 unspecified atom stereocenters. The fourth-order valence-electron chi connectivity index (χ4n) is 0.416. The minimum atomic E-state index is -0.0739. The van der Waals surface area contributed by atoms with Crippen molar-refractivity contribution in [3.05, 3.63) is 0 Å². The molecule has 0 bridgehead atoms. The van der Waals surface area contributed by atoms with E-state index in [1.54, 1.807) is 13.8 Å². The molecule has 0 aliphatic carbocycles. The van der Waals surface area contributed by atoms with Gasteiger partial charge in [-0.25, -0.2) is 0 Å². The summed E-state index contributed by atoms with van der Waals surface area (Å²) in [6.07, 6.45) is 0. The van der Waals surface area contributed by atoms with E-state index in [9.17, 15) is 9.59 Å². The molecule has 84 valence electrons. The van der Waals surface area contributed by atoms with Crippen LogP contribution in [-0.2, 0) is 9.59 Å². The smallest absolute Gasteiger partial charge is 0.222 e. The number of carbonyl (C=O) groups excluding carboxylic acids is 2. The van der Waals surface area contributed by atoms with Crippen LogP contribution < -0.4 is 5.32 Å². The summed E-state index contributed by atoms with van der Waals surface area (Å²) in [6, 6.07) is 0. The molecule has 0 aliphatic rings. The Morgan fingerprint density at radius 1 is 1.07 bits per heavy atom. The maximum Gasteiger partial charge on any atom is 0.222 e. The van der Waals surface area contributed by atoms with Gasteiger partial charge in [-0.05, 0) is 12.8 Å². The predicted octanol–water partition coefficient (Wildman–Crippen LogP) is 2.01. The highest BCUT2D eigenvalue weighted by molar-refractivity contribution is 5.85. The highest BCUT2D eigenvalue weighted by Crippen LogP contribution is 1.89. The van der Waals surface area contributed by atoms with Crippen molar-refractivity contribution in [3.8, 4) is 0 Å². The highest BCUT2D eigenvalue weighted by Gasteiger charge is 2.05. The summed E-state index contributed by atoms with van der Waals surface area (Å²) in [7, 11) is 0. The molecular weight excluding hydrogens is 178 g/mol. The lowest BCUT2D eigenvalue weighted by atomic mass is 10.2. The van der Waals surface area contributed by atoms with Gasteiger partial charge in [0.15, 0.2) is 0 Å². The monoisotopic (exact) mass is 201 g/mol. The summed E-state index contributed by atoms with van der Waals surface area (Å²) < 4.78 is 0. The van der Waals surface area contributed by atoms with Gasteiger partial charge in [0.1, 0.15) is 5.78 Å². The third-order valence-corrected chi connectivity index (χ3v) is 1.04. The fraction of sp³-hybridized carbons (Fsp3) is 0.818. The summed E-state index contributed by atoms with van der Waals surface area (Å²) >= 11 is 0. The Morgan fingerprint density at radius 3 is 1.64 bits per heavy atom. The summed E-state index contributed by atoms with van der Waals surface area (Å²) in [6.45, 7) is 11.7. The van der Waals surface area contributed by atoms with Gasteiger partial charge in [-0.3, -0.25) is 9.59 Å². The second-order valence-electron chi connectivity index (χ2n) is 4.31. The Bertz CT molecular complexity index is 171. The quantitative estimate of drug-likeness (QED) is 0.759. The van der Waals surface area contributed by atoms with Crippen LogP contribution in [0.15, 0.2) is 0 Å². The number of Topliss-reactive ketones (excluding diaryl/α,β-unsaturated/α-hetero) is 1. The van der Waals surface area contributed by atoms with Crippen molar-refractivity contribution in [1.82, 2.24) is 5.32 Å². The topological polar surface area (TPSA) is 46.2 Å². The van der Waals surface area contributed by atoms with Gasteiger partial charge < -0.3 is 5.32 Å². The minimum absolute atomic E-state index is 0.0194. The lowest BCUT2D eigenvalue weighted by molar-refractivity contribution is -0.126. The zero-order valence-corrected chi connectivity index (χ0v) is 10.2. The van der Waals surface area contributed by atoms with Gasteiger partial charge in [0, 0.05) is 5.92 Å². The fourth-order valence-corrected chi connectivity index (χ4v) is 0.416. The second kappa shape index (κ2) is 8.73. The molecule has 0 aromatic heterocycles. The van der Waals surface area contributed by atoms with Crippen molar-refractivity contribution < 1.29 is 9.59 Å². The van der Waals surface area contributed by atoms with Crippen molar-refractivity contribution in [1.29, 1.82) is 0 Å². The van der Waals surface area contributed by atoms with E-state index in [0.717, 1.165) is 5.92 Å². The highest BCUT2D eigenvalue weighted by atomic mass is 16.2. The maximum absolute atomic E-state index is 10.8. The van der Waals surface area contributed by atoms with Gasteiger partial charge in [-0.2, -0.15) is 0 Å².